The van der Waals surface area contributed by atoms with Crippen LogP contribution in [0, 0.1) is 6.92 Å². The third kappa shape index (κ3) is 2.62. The molecule has 1 aliphatic heterocycles. The van der Waals surface area contributed by atoms with Gasteiger partial charge >= 0.3 is 0 Å². The van der Waals surface area contributed by atoms with Crippen molar-refractivity contribution in [3.05, 3.63) is 41.3 Å². The number of carbonyl (C=O) groups is 1. The summed E-state index contributed by atoms with van der Waals surface area (Å²) in [6.45, 7) is 5.08. The molecule has 4 rings (SSSR count). The molecular formula is C16H18N6OS. The molecule has 0 saturated carbocycles. The molecule has 1 aliphatic rings. The number of thiazole rings is 1. The van der Waals surface area contributed by atoms with Gasteiger partial charge in [-0.3, -0.25) is 9.20 Å². The Kier molecular flexibility index (Phi) is 3.89. The summed E-state index contributed by atoms with van der Waals surface area (Å²) in [5.41, 5.74) is 0.965. The molecule has 1 amide bonds. The highest BCUT2D eigenvalue weighted by Gasteiger charge is 2.24. The van der Waals surface area contributed by atoms with Crippen LogP contribution in [0.25, 0.3) is 4.96 Å². The van der Waals surface area contributed by atoms with E-state index in [1.165, 1.54) is 11.3 Å². The van der Waals surface area contributed by atoms with E-state index in [0.717, 1.165) is 47.4 Å². The van der Waals surface area contributed by atoms with Gasteiger partial charge in [0.05, 0.1) is 0 Å². The number of aryl methyl sites for hydroxylation is 1. The summed E-state index contributed by atoms with van der Waals surface area (Å²) in [5.74, 6) is 0.974. The first-order chi connectivity index (χ1) is 11.7. The fourth-order valence-corrected chi connectivity index (χ4v) is 4.10. The third-order valence-corrected chi connectivity index (χ3v) is 5.51. The van der Waals surface area contributed by atoms with Crippen LogP contribution < -0.4 is 4.90 Å². The summed E-state index contributed by atoms with van der Waals surface area (Å²) in [6, 6.07) is 3.85. The van der Waals surface area contributed by atoms with Gasteiger partial charge in [-0.05, 0) is 25.5 Å². The van der Waals surface area contributed by atoms with E-state index in [0.29, 0.717) is 6.54 Å². The van der Waals surface area contributed by atoms with Crippen molar-refractivity contribution >= 4 is 28.0 Å². The molecule has 7 nitrogen and oxygen atoms in total. The highest BCUT2D eigenvalue weighted by atomic mass is 32.1. The van der Waals surface area contributed by atoms with Gasteiger partial charge in [-0.1, -0.05) is 11.3 Å². The van der Waals surface area contributed by atoms with Crippen LogP contribution in [0.5, 0.6) is 0 Å². The van der Waals surface area contributed by atoms with Gasteiger partial charge in [-0.2, -0.15) is 5.10 Å². The molecule has 0 unspecified atom stereocenters. The molecule has 0 spiro atoms. The number of rotatable bonds is 2. The summed E-state index contributed by atoms with van der Waals surface area (Å²) >= 11 is 1.46. The number of hydrogen-bond acceptors (Lipinski definition) is 6. The summed E-state index contributed by atoms with van der Waals surface area (Å²) in [4.78, 5) is 23.0. The van der Waals surface area contributed by atoms with Crippen molar-refractivity contribution in [3.8, 4) is 0 Å². The van der Waals surface area contributed by atoms with Crippen LogP contribution >= 0.6 is 11.3 Å². The standard InChI is InChI=1S/C16H18N6OS/c1-12-14(24-16-17-6-9-22(12)16)15(23)21-8-3-7-20(10-11-21)13-4-2-5-18-19-13/h2,4-6,9H,3,7-8,10-11H2,1H3. The fraction of sp³-hybridized carbons (Fsp3) is 0.375. The van der Waals surface area contributed by atoms with Crippen LogP contribution in [0.3, 0.4) is 0 Å². The average molecular weight is 342 g/mol. The van der Waals surface area contributed by atoms with E-state index >= 15 is 0 Å². The largest absolute Gasteiger partial charge is 0.353 e. The summed E-state index contributed by atoms with van der Waals surface area (Å²) in [6.07, 6.45) is 6.25. The second-order valence-corrected chi connectivity index (χ2v) is 6.79. The number of fused-ring (bicyclic) bond motifs is 1. The lowest BCUT2D eigenvalue weighted by Crippen LogP contribution is -2.35. The summed E-state index contributed by atoms with van der Waals surface area (Å²) in [5, 5.41) is 8.11. The van der Waals surface area contributed by atoms with Crippen LogP contribution in [0.15, 0.2) is 30.7 Å². The minimum Gasteiger partial charge on any atom is -0.353 e. The molecule has 1 saturated heterocycles. The Morgan fingerprint density at radius 2 is 2.12 bits per heavy atom. The van der Waals surface area contributed by atoms with Crippen molar-refractivity contribution < 1.29 is 4.79 Å². The topological polar surface area (TPSA) is 66.6 Å². The van der Waals surface area contributed by atoms with Crippen molar-refractivity contribution in [1.29, 1.82) is 0 Å². The van der Waals surface area contributed by atoms with Crippen molar-refractivity contribution in [1.82, 2.24) is 24.5 Å². The van der Waals surface area contributed by atoms with Gasteiger partial charge in [-0.15, -0.1) is 5.10 Å². The van der Waals surface area contributed by atoms with Gasteiger partial charge in [0.25, 0.3) is 5.91 Å². The Balaban J connectivity index is 1.51. The highest BCUT2D eigenvalue weighted by Crippen LogP contribution is 2.24. The Labute approximate surface area is 143 Å². The van der Waals surface area contributed by atoms with Gasteiger partial charge in [0.1, 0.15) is 4.88 Å². The molecule has 1 fully saturated rings. The maximum atomic E-state index is 12.9. The molecule has 0 bridgehead atoms. The highest BCUT2D eigenvalue weighted by molar-refractivity contribution is 7.19. The number of carbonyl (C=O) groups excluding carboxylic acids is 1. The molecule has 0 atom stereocenters. The number of aromatic nitrogens is 4. The van der Waals surface area contributed by atoms with Crippen LogP contribution in [0.2, 0.25) is 0 Å². The first-order valence-electron chi connectivity index (χ1n) is 7.98. The lowest BCUT2D eigenvalue weighted by atomic mass is 10.3. The summed E-state index contributed by atoms with van der Waals surface area (Å²) in [7, 11) is 0. The van der Waals surface area contributed by atoms with Crippen molar-refractivity contribution in [2.24, 2.45) is 0 Å². The first-order valence-corrected chi connectivity index (χ1v) is 8.80. The predicted octanol–water partition coefficient (Wildman–Crippen LogP) is 1.85. The Hall–Kier alpha value is -2.48. The molecule has 4 heterocycles. The number of anilines is 1. The monoisotopic (exact) mass is 342 g/mol. The van der Waals surface area contributed by atoms with Crippen LogP contribution in [-0.2, 0) is 0 Å². The Morgan fingerprint density at radius 3 is 2.92 bits per heavy atom. The third-order valence-electron chi connectivity index (χ3n) is 4.35. The van der Waals surface area contributed by atoms with Gasteiger partial charge in [0.2, 0.25) is 0 Å². The zero-order valence-electron chi connectivity index (χ0n) is 13.4. The molecule has 0 aromatic carbocycles. The zero-order valence-corrected chi connectivity index (χ0v) is 14.2. The summed E-state index contributed by atoms with van der Waals surface area (Å²) < 4.78 is 1.97. The smallest absolute Gasteiger partial charge is 0.265 e. The second kappa shape index (κ2) is 6.20. The maximum absolute atomic E-state index is 12.9. The van der Waals surface area contributed by atoms with E-state index in [4.69, 9.17) is 0 Å². The Bertz CT molecular complexity index is 858. The second-order valence-electron chi connectivity index (χ2n) is 5.81. The lowest BCUT2D eigenvalue weighted by Gasteiger charge is -2.22. The lowest BCUT2D eigenvalue weighted by molar-refractivity contribution is 0.0770. The predicted molar refractivity (Wildman–Crippen MR) is 92.6 cm³/mol. The molecule has 24 heavy (non-hydrogen) atoms. The van der Waals surface area contributed by atoms with Crippen LogP contribution in [0.4, 0.5) is 5.82 Å². The minimum atomic E-state index is 0.101. The normalized spacial score (nSPS) is 15.7. The molecular weight excluding hydrogens is 324 g/mol. The van der Waals surface area contributed by atoms with Crippen molar-refractivity contribution in [2.75, 3.05) is 31.1 Å². The van der Waals surface area contributed by atoms with Gasteiger partial charge in [0.15, 0.2) is 10.8 Å². The quantitative estimate of drug-likeness (QED) is 0.711. The SMILES string of the molecule is Cc1c(C(=O)N2CCCN(c3cccnn3)CC2)sc2nccn12. The first kappa shape index (κ1) is 15.1. The minimum absolute atomic E-state index is 0.101. The molecule has 8 heteroatoms. The van der Waals surface area contributed by atoms with Gasteiger partial charge < -0.3 is 9.80 Å². The molecule has 0 N–H and O–H groups in total. The molecule has 3 aromatic rings. The molecule has 0 radical (unpaired) electrons. The van der Waals surface area contributed by atoms with Gasteiger partial charge in [-0.25, -0.2) is 4.98 Å². The van der Waals surface area contributed by atoms with Crippen molar-refractivity contribution in [3.63, 3.8) is 0 Å². The van der Waals surface area contributed by atoms with E-state index in [1.54, 1.807) is 12.4 Å². The number of amides is 1. The van der Waals surface area contributed by atoms with Crippen molar-refractivity contribution in [2.45, 2.75) is 13.3 Å². The maximum Gasteiger partial charge on any atom is 0.265 e. The average Bonchev–Trinajstić information content (AvgIpc) is 3.09. The van der Waals surface area contributed by atoms with E-state index in [2.05, 4.69) is 20.1 Å². The van der Waals surface area contributed by atoms with E-state index in [-0.39, 0.29) is 5.91 Å². The van der Waals surface area contributed by atoms with E-state index in [9.17, 15) is 4.79 Å². The molecule has 3 aromatic heterocycles. The number of imidazole rings is 1. The molecule has 0 aliphatic carbocycles. The zero-order chi connectivity index (χ0) is 16.5. The van der Waals surface area contributed by atoms with Crippen LogP contribution in [0.1, 0.15) is 21.8 Å². The van der Waals surface area contributed by atoms with Crippen LogP contribution in [-0.4, -0.2) is 56.6 Å². The van der Waals surface area contributed by atoms with E-state index in [1.807, 2.05) is 34.6 Å². The van der Waals surface area contributed by atoms with E-state index < -0.39 is 0 Å². The molecule has 124 valence electrons. The van der Waals surface area contributed by atoms with Gasteiger partial charge in [0, 0.05) is 50.5 Å². The fourth-order valence-electron chi connectivity index (χ4n) is 3.05. The number of hydrogen-bond donors (Lipinski definition) is 0. The number of nitrogens with zero attached hydrogens (tertiary/aromatic N) is 6. The Morgan fingerprint density at radius 1 is 1.21 bits per heavy atom.